The predicted molar refractivity (Wildman–Crippen MR) is 54.8 cm³/mol. The van der Waals surface area contributed by atoms with Gasteiger partial charge in [0, 0.05) is 0 Å². The van der Waals surface area contributed by atoms with Gasteiger partial charge >= 0.3 is 6.18 Å². The first-order valence-corrected chi connectivity index (χ1v) is 5.97. The fraction of sp³-hybridized carbons (Fsp3) is 1.00. The summed E-state index contributed by atoms with van der Waals surface area (Å²) in [7, 11) is 0. The molecule has 3 fully saturated rings. The first-order chi connectivity index (χ1) is 7.23. The van der Waals surface area contributed by atoms with Crippen molar-refractivity contribution < 1.29 is 18.3 Å². The van der Waals surface area contributed by atoms with Gasteiger partial charge < -0.3 is 5.11 Å². The summed E-state index contributed by atoms with van der Waals surface area (Å²) in [6.07, 6.45) is -3.76. The summed E-state index contributed by atoms with van der Waals surface area (Å²) in [5.41, 5.74) is 0.189. The maximum atomic E-state index is 12.3. The van der Waals surface area contributed by atoms with Crippen LogP contribution >= 0.6 is 0 Å². The van der Waals surface area contributed by atoms with E-state index < -0.39 is 12.3 Å². The highest BCUT2D eigenvalue weighted by molar-refractivity contribution is 5.03. The third-order valence-corrected chi connectivity index (χ3v) is 4.91. The lowest BCUT2D eigenvalue weighted by Crippen LogP contribution is -2.53. The summed E-state index contributed by atoms with van der Waals surface area (Å²) in [6.45, 7) is 4.30. The molecule has 0 aromatic rings. The Balaban J connectivity index is 1.96. The average molecular weight is 236 g/mol. The van der Waals surface area contributed by atoms with E-state index in [-0.39, 0.29) is 17.8 Å². The summed E-state index contributed by atoms with van der Waals surface area (Å²) in [4.78, 5) is 0. The third kappa shape index (κ3) is 1.85. The number of alkyl halides is 3. The van der Waals surface area contributed by atoms with E-state index in [0.717, 1.165) is 19.3 Å². The average Bonchev–Trinajstić information content (AvgIpc) is 2.16. The third-order valence-electron chi connectivity index (χ3n) is 4.91. The van der Waals surface area contributed by atoms with Gasteiger partial charge in [-0.15, -0.1) is 0 Å². The Morgan fingerprint density at radius 2 is 1.94 bits per heavy atom. The molecular formula is C12H19F3O. The molecule has 0 spiro atoms. The van der Waals surface area contributed by atoms with Gasteiger partial charge in [0.15, 0.2) is 0 Å². The van der Waals surface area contributed by atoms with E-state index >= 15 is 0 Å². The van der Waals surface area contributed by atoms with Gasteiger partial charge in [-0.2, -0.15) is 13.2 Å². The van der Waals surface area contributed by atoms with Crippen LogP contribution in [0.1, 0.15) is 39.5 Å². The molecule has 0 saturated heterocycles. The van der Waals surface area contributed by atoms with Crippen LogP contribution in [0.25, 0.3) is 0 Å². The van der Waals surface area contributed by atoms with Gasteiger partial charge in [0.2, 0.25) is 0 Å². The molecule has 0 aromatic heterocycles. The molecule has 4 atom stereocenters. The standard InChI is InChI=1S/C12H19F3O/c1-11(2)8-4-3-7(9(11)6-8)5-10(16)12(13,14)15/h7-10,16H,3-6H2,1-2H3. The van der Waals surface area contributed by atoms with E-state index in [9.17, 15) is 13.2 Å². The second-order valence-electron chi connectivity index (χ2n) is 5.99. The minimum atomic E-state index is -4.45. The first kappa shape index (κ1) is 12.2. The largest absolute Gasteiger partial charge is 0.414 e. The molecule has 4 heteroatoms. The maximum Gasteiger partial charge on any atom is 0.414 e. The highest BCUT2D eigenvalue weighted by Gasteiger charge is 2.55. The van der Waals surface area contributed by atoms with Crippen LogP contribution in [0.3, 0.4) is 0 Å². The number of hydrogen-bond donors (Lipinski definition) is 1. The lowest BCUT2D eigenvalue weighted by atomic mass is 9.45. The Morgan fingerprint density at radius 3 is 2.38 bits per heavy atom. The van der Waals surface area contributed by atoms with E-state index in [0.29, 0.717) is 11.8 Å². The summed E-state index contributed by atoms with van der Waals surface area (Å²) in [5, 5.41) is 9.12. The zero-order valence-electron chi connectivity index (χ0n) is 9.72. The molecule has 0 radical (unpaired) electrons. The zero-order chi connectivity index (χ0) is 12.1. The van der Waals surface area contributed by atoms with Crippen molar-refractivity contribution >= 4 is 0 Å². The highest BCUT2D eigenvalue weighted by atomic mass is 19.4. The normalized spacial score (nSPS) is 39.0. The molecule has 3 aliphatic rings. The van der Waals surface area contributed by atoms with Crippen LogP contribution in [0.4, 0.5) is 13.2 Å². The van der Waals surface area contributed by atoms with E-state index in [1.54, 1.807) is 0 Å². The Bertz CT molecular complexity index is 270. The van der Waals surface area contributed by atoms with Crippen molar-refractivity contribution in [1.29, 1.82) is 0 Å². The molecular weight excluding hydrogens is 217 g/mol. The van der Waals surface area contributed by atoms with Crippen molar-refractivity contribution in [2.24, 2.45) is 23.2 Å². The Morgan fingerprint density at radius 1 is 1.31 bits per heavy atom. The van der Waals surface area contributed by atoms with Crippen LogP contribution in [0.2, 0.25) is 0 Å². The van der Waals surface area contributed by atoms with Crippen LogP contribution in [-0.4, -0.2) is 17.4 Å². The fourth-order valence-electron chi connectivity index (χ4n) is 3.67. The van der Waals surface area contributed by atoms with Gasteiger partial charge in [-0.3, -0.25) is 0 Å². The topological polar surface area (TPSA) is 20.2 Å². The van der Waals surface area contributed by atoms with Crippen LogP contribution < -0.4 is 0 Å². The van der Waals surface area contributed by atoms with Gasteiger partial charge in [-0.05, 0) is 48.9 Å². The number of fused-ring (bicyclic) bond motifs is 2. The van der Waals surface area contributed by atoms with Gasteiger partial charge in [0.25, 0.3) is 0 Å². The minimum Gasteiger partial charge on any atom is -0.384 e. The SMILES string of the molecule is CC1(C)C2CCC(CC(O)C(F)(F)F)C1C2. The highest BCUT2D eigenvalue weighted by Crippen LogP contribution is 2.62. The second-order valence-corrected chi connectivity index (χ2v) is 5.99. The molecule has 0 heterocycles. The van der Waals surface area contributed by atoms with Crippen molar-refractivity contribution in [3.63, 3.8) is 0 Å². The Hall–Kier alpha value is -0.250. The van der Waals surface area contributed by atoms with Crippen molar-refractivity contribution in [3.05, 3.63) is 0 Å². The van der Waals surface area contributed by atoms with Crippen molar-refractivity contribution in [1.82, 2.24) is 0 Å². The van der Waals surface area contributed by atoms with Crippen LogP contribution in [0.15, 0.2) is 0 Å². The number of aliphatic hydroxyl groups excluding tert-OH is 1. The molecule has 2 bridgehead atoms. The summed E-state index contributed by atoms with van der Waals surface area (Å²) in [6, 6.07) is 0. The fourth-order valence-corrected chi connectivity index (χ4v) is 3.67. The van der Waals surface area contributed by atoms with Crippen molar-refractivity contribution in [3.8, 4) is 0 Å². The number of halogens is 3. The van der Waals surface area contributed by atoms with Crippen molar-refractivity contribution in [2.75, 3.05) is 0 Å². The summed E-state index contributed by atoms with van der Waals surface area (Å²) < 4.78 is 36.9. The molecule has 1 nitrogen and oxygen atoms in total. The molecule has 94 valence electrons. The van der Waals surface area contributed by atoms with Gasteiger partial charge in [-0.1, -0.05) is 13.8 Å². The van der Waals surface area contributed by atoms with Crippen molar-refractivity contribution in [2.45, 2.75) is 51.8 Å². The second kappa shape index (κ2) is 3.62. The van der Waals surface area contributed by atoms with Gasteiger partial charge in [-0.25, -0.2) is 0 Å². The Labute approximate surface area is 94.0 Å². The molecule has 0 amide bonds. The van der Waals surface area contributed by atoms with E-state index in [1.807, 2.05) is 0 Å². The molecule has 0 aromatic carbocycles. The minimum absolute atomic E-state index is 0.0524. The molecule has 16 heavy (non-hydrogen) atoms. The van der Waals surface area contributed by atoms with E-state index in [4.69, 9.17) is 5.11 Å². The number of aliphatic hydroxyl groups is 1. The maximum absolute atomic E-state index is 12.3. The smallest absolute Gasteiger partial charge is 0.384 e. The zero-order valence-corrected chi connectivity index (χ0v) is 9.72. The van der Waals surface area contributed by atoms with Gasteiger partial charge in [0.1, 0.15) is 6.10 Å². The molecule has 3 saturated carbocycles. The van der Waals surface area contributed by atoms with Crippen LogP contribution in [0.5, 0.6) is 0 Å². The monoisotopic (exact) mass is 236 g/mol. The number of hydrogen-bond acceptors (Lipinski definition) is 1. The summed E-state index contributed by atoms with van der Waals surface area (Å²) in [5.74, 6) is 1.12. The van der Waals surface area contributed by atoms with E-state index in [2.05, 4.69) is 13.8 Å². The van der Waals surface area contributed by atoms with Crippen LogP contribution in [0, 0.1) is 23.2 Å². The molecule has 3 aliphatic carbocycles. The molecule has 0 aliphatic heterocycles. The lowest BCUT2D eigenvalue weighted by molar-refractivity contribution is -0.217. The lowest BCUT2D eigenvalue weighted by Gasteiger charge is -2.60. The molecule has 4 unspecified atom stereocenters. The van der Waals surface area contributed by atoms with Gasteiger partial charge in [0.05, 0.1) is 0 Å². The van der Waals surface area contributed by atoms with E-state index in [1.165, 1.54) is 0 Å². The summed E-state index contributed by atoms with van der Waals surface area (Å²) >= 11 is 0. The molecule has 3 rings (SSSR count). The quantitative estimate of drug-likeness (QED) is 0.779. The Kier molecular flexibility index (Phi) is 2.76. The van der Waals surface area contributed by atoms with Crippen LogP contribution in [-0.2, 0) is 0 Å². The first-order valence-electron chi connectivity index (χ1n) is 5.97. The number of rotatable bonds is 2. The molecule has 1 N–H and O–H groups in total. The predicted octanol–water partition coefficient (Wildman–Crippen LogP) is 3.37.